The molecule has 0 saturated carbocycles. The fourth-order valence-corrected chi connectivity index (χ4v) is 2.81. The molecule has 1 aliphatic heterocycles. The molecule has 1 N–H and O–H groups in total. The maximum absolute atomic E-state index is 11.3. The molecule has 0 atom stereocenters. The van der Waals surface area contributed by atoms with E-state index in [1.807, 2.05) is 0 Å². The molecule has 1 saturated heterocycles. The van der Waals surface area contributed by atoms with Gasteiger partial charge < -0.3 is 5.11 Å². The van der Waals surface area contributed by atoms with Crippen LogP contribution in [0, 0.1) is 0 Å². The second-order valence-electron chi connectivity index (χ2n) is 2.96. The first-order valence-electron chi connectivity index (χ1n) is 4.22. The van der Waals surface area contributed by atoms with Gasteiger partial charge in [-0.05, 0) is 12.8 Å². The van der Waals surface area contributed by atoms with Gasteiger partial charge >= 0.3 is 0 Å². The monoisotopic (exact) mass is 207 g/mol. The maximum atomic E-state index is 11.3. The highest BCUT2D eigenvalue weighted by Gasteiger charge is 2.30. The Morgan fingerprint density at radius 1 is 1.46 bits per heavy atom. The van der Waals surface area contributed by atoms with Crippen LogP contribution in [0.5, 0.6) is 0 Å². The average molecular weight is 207 g/mol. The summed E-state index contributed by atoms with van der Waals surface area (Å²) in [6, 6.07) is 0. The van der Waals surface area contributed by atoms with Crippen LogP contribution >= 0.6 is 0 Å². The molecule has 0 aliphatic carbocycles. The zero-order valence-corrected chi connectivity index (χ0v) is 8.09. The van der Waals surface area contributed by atoms with Crippen molar-refractivity contribution in [3.8, 4) is 0 Å². The van der Waals surface area contributed by atoms with Gasteiger partial charge in [0.05, 0.1) is 5.75 Å². The number of carbonyl (C=O) groups is 1. The number of carbonyl (C=O) groups excluding carboxylic acids is 1. The summed E-state index contributed by atoms with van der Waals surface area (Å²) in [5, 5.41) is 8.52. The molecular formula is C7H13NO4S. The van der Waals surface area contributed by atoms with E-state index < -0.39 is 10.0 Å². The molecule has 1 amide bonds. The third-order valence-corrected chi connectivity index (χ3v) is 3.79. The summed E-state index contributed by atoms with van der Waals surface area (Å²) < 4.78 is 23.5. The van der Waals surface area contributed by atoms with Crippen molar-refractivity contribution in [2.75, 3.05) is 18.9 Å². The number of aliphatic hydroxyl groups excluding tert-OH is 1. The summed E-state index contributed by atoms with van der Waals surface area (Å²) >= 11 is 0. The van der Waals surface area contributed by atoms with Gasteiger partial charge in [0.2, 0.25) is 15.9 Å². The van der Waals surface area contributed by atoms with Crippen molar-refractivity contribution in [1.29, 1.82) is 0 Å². The molecule has 0 aromatic heterocycles. The number of hydrogen-bond acceptors (Lipinski definition) is 4. The lowest BCUT2D eigenvalue weighted by molar-refractivity contribution is -0.127. The minimum absolute atomic E-state index is 0.0458. The molecule has 0 aromatic rings. The van der Waals surface area contributed by atoms with Gasteiger partial charge in [0.15, 0.2) is 0 Å². The maximum Gasteiger partial charge on any atom is 0.237 e. The average Bonchev–Trinajstić information content (AvgIpc) is 2.02. The SMILES string of the molecule is O=C1CCCS(=O)(=O)N1CCCO. The van der Waals surface area contributed by atoms with Crippen LogP contribution in [0.3, 0.4) is 0 Å². The van der Waals surface area contributed by atoms with E-state index >= 15 is 0 Å². The molecule has 6 heteroatoms. The van der Waals surface area contributed by atoms with E-state index in [4.69, 9.17) is 5.11 Å². The van der Waals surface area contributed by atoms with Gasteiger partial charge in [0, 0.05) is 19.6 Å². The van der Waals surface area contributed by atoms with Gasteiger partial charge in [-0.3, -0.25) is 4.79 Å². The molecule has 1 rings (SSSR count). The minimum atomic E-state index is -3.37. The highest BCUT2D eigenvalue weighted by molar-refractivity contribution is 7.89. The number of nitrogens with zero attached hydrogens (tertiary/aromatic N) is 1. The molecule has 0 aromatic carbocycles. The minimum Gasteiger partial charge on any atom is -0.396 e. The first-order valence-corrected chi connectivity index (χ1v) is 5.83. The molecule has 0 radical (unpaired) electrons. The van der Waals surface area contributed by atoms with Crippen molar-refractivity contribution in [2.45, 2.75) is 19.3 Å². The number of rotatable bonds is 3. The molecule has 0 bridgehead atoms. The van der Waals surface area contributed by atoms with Gasteiger partial charge in [-0.1, -0.05) is 0 Å². The summed E-state index contributed by atoms with van der Waals surface area (Å²) in [6.07, 6.45) is 1.02. The van der Waals surface area contributed by atoms with Gasteiger partial charge in [-0.25, -0.2) is 12.7 Å². The fourth-order valence-electron chi connectivity index (χ4n) is 1.27. The van der Waals surface area contributed by atoms with E-state index in [1.165, 1.54) is 0 Å². The first kappa shape index (κ1) is 10.5. The predicted molar refractivity (Wildman–Crippen MR) is 46.4 cm³/mol. The third-order valence-electron chi connectivity index (χ3n) is 1.93. The number of sulfonamides is 1. The summed E-state index contributed by atoms with van der Waals surface area (Å²) in [6.45, 7) is 0.0109. The van der Waals surface area contributed by atoms with E-state index in [0.29, 0.717) is 19.3 Å². The molecular weight excluding hydrogens is 194 g/mol. The highest BCUT2D eigenvalue weighted by Crippen LogP contribution is 2.14. The molecule has 1 heterocycles. The van der Waals surface area contributed by atoms with Crippen molar-refractivity contribution < 1.29 is 18.3 Å². The Bertz CT molecular complexity index is 285. The summed E-state index contributed by atoms with van der Waals surface area (Å²) in [5.74, 6) is -0.302. The Balaban J connectivity index is 2.70. The van der Waals surface area contributed by atoms with Gasteiger partial charge in [0.1, 0.15) is 0 Å². The Hall–Kier alpha value is -0.620. The molecule has 13 heavy (non-hydrogen) atoms. The lowest BCUT2D eigenvalue weighted by Crippen LogP contribution is -2.42. The molecule has 1 aliphatic rings. The fraction of sp³-hybridized carbons (Fsp3) is 0.857. The third kappa shape index (κ3) is 2.41. The smallest absolute Gasteiger partial charge is 0.237 e. The van der Waals surface area contributed by atoms with Crippen LogP contribution in [0.4, 0.5) is 0 Å². The molecule has 0 unspecified atom stereocenters. The van der Waals surface area contributed by atoms with E-state index in [1.54, 1.807) is 0 Å². The van der Waals surface area contributed by atoms with Crippen LogP contribution in [-0.2, 0) is 14.8 Å². The van der Waals surface area contributed by atoms with Crippen molar-refractivity contribution in [3.05, 3.63) is 0 Å². The van der Waals surface area contributed by atoms with Crippen LogP contribution in [-0.4, -0.2) is 42.6 Å². The standard InChI is InChI=1S/C7H13NO4S/c9-5-2-4-8-7(10)3-1-6-13(8,11)12/h9H,1-6H2. The predicted octanol–water partition coefficient (Wildman–Crippen LogP) is -0.679. The van der Waals surface area contributed by atoms with Crippen LogP contribution < -0.4 is 0 Å². The number of hydrogen-bond donors (Lipinski definition) is 1. The van der Waals surface area contributed by atoms with E-state index in [-0.39, 0.29) is 24.8 Å². The Labute approximate surface area is 77.4 Å². The van der Waals surface area contributed by atoms with Crippen LogP contribution in [0.15, 0.2) is 0 Å². The molecule has 76 valence electrons. The number of aliphatic hydroxyl groups is 1. The zero-order valence-electron chi connectivity index (χ0n) is 7.27. The van der Waals surface area contributed by atoms with E-state index in [9.17, 15) is 13.2 Å². The van der Waals surface area contributed by atoms with Crippen molar-refractivity contribution in [1.82, 2.24) is 4.31 Å². The number of amides is 1. The van der Waals surface area contributed by atoms with Crippen molar-refractivity contribution in [2.24, 2.45) is 0 Å². The lowest BCUT2D eigenvalue weighted by atomic mass is 10.3. The Morgan fingerprint density at radius 3 is 2.69 bits per heavy atom. The Morgan fingerprint density at radius 2 is 2.15 bits per heavy atom. The van der Waals surface area contributed by atoms with E-state index in [2.05, 4.69) is 0 Å². The van der Waals surface area contributed by atoms with E-state index in [0.717, 1.165) is 4.31 Å². The van der Waals surface area contributed by atoms with Gasteiger partial charge in [0.25, 0.3) is 0 Å². The van der Waals surface area contributed by atoms with Gasteiger partial charge in [-0.15, -0.1) is 0 Å². The summed E-state index contributed by atoms with van der Waals surface area (Å²) in [4.78, 5) is 11.2. The molecule has 5 nitrogen and oxygen atoms in total. The Kier molecular flexibility index (Phi) is 3.27. The topological polar surface area (TPSA) is 74.7 Å². The van der Waals surface area contributed by atoms with Crippen molar-refractivity contribution in [3.63, 3.8) is 0 Å². The highest BCUT2D eigenvalue weighted by atomic mass is 32.2. The van der Waals surface area contributed by atoms with Gasteiger partial charge in [-0.2, -0.15) is 0 Å². The zero-order chi connectivity index (χ0) is 9.90. The quantitative estimate of drug-likeness (QED) is 0.665. The second kappa shape index (κ2) is 4.06. The summed E-state index contributed by atoms with van der Waals surface area (Å²) in [7, 11) is -3.37. The summed E-state index contributed by atoms with van der Waals surface area (Å²) in [5.41, 5.74) is 0. The second-order valence-corrected chi connectivity index (χ2v) is 4.98. The van der Waals surface area contributed by atoms with Crippen LogP contribution in [0.25, 0.3) is 0 Å². The molecule has 1 fully saturated rings. The largest absolute Gasteiger partial charge is 0.396 e. The van der Waals surface area contributed by atoms with Crippen LogP contribution in [0.2, 0.25) is 0 Å². The lowest BCUT2D eigenvalue weighted by Gasteiger charge is -2.25. The van der Waals surface area contributed by atoms with Crippen LogP contribution in [0.1, 0.15) is 19.3 Å². The first-order chi connectivity index (χ1) is 6.08. The normalized spacial score (nSPS) is 21.9. The van der Waals surface area contributed by atoms with Crippen molar-refractivity contribution >= 4 is 15.9 Å². The molecule has 0 spiro atoms.